The van der Waals surface area contributed by atoms with E-state index in [9.17, 15) is 9.59 Å². The van der Waals surface area contributed by atoms with E-state index in [1.807, 2.05) is 71.1 Å². The fourth-order valence-electron chi connectivity index (χ4n) is 7.55. The quantitative estimate of drug-likeness (QED) is 0.0847. The van der Waals surface area contributed by atoms with Gasteiger partial charge in [-0.25, -0.2) is 9.97 Å². The van der Waals surface area contributed by atoms with Crippen molar-refractivity contribution < 1.29 is 23.8 Å². The van der Waals surface area contributed by atoms with Gasteiger partial charge < -0.3 is 34.8 Å². The lowest BCUT2D eigenvalue weighted by molar-refractivity contribution is 0.0358. The van der Waals surface area contributed by atoms with Crippen LogP contribution in [0, 0.1) is 13.8 Å². The molecule has 4 aromatic heterocycles. The standard InChI is InChI=1S/C44H53N11O5/c1-6-54-33(23-29(3)49-54)11-13-39-47-35-25-31(43(45)56)27-37(58-5)41(35)52(39)16-8-9-17-53-40(14-12-34-24-30(4)50-55(34)7-2)48-36-26-32(44(46)57)28-38(42(36)53)60-20-10-15-51-18-21-59-22-19-51/h8-9,11-14,23-28H,6-7,10,15-22H2,1-5H3,(H2,45,56)(H2,46,57)/b9-8+,13-11+,14-12+. The lowest BCUT2D eigenvalue weighted by Gasteiger charge is -2.26. The number of nitrogens with zero attached hydrogens (tertiary/aromatic N) is 9. The van der Waals surface area contributed by atoms with Gasteiger partial charge in [0.25, 0.3) is 0 Å². The number of hydrogen-bond acceptors (Lipinski definition) is 10. The molecule has 0 atom stereocenters. The first-order valence-corrected chi connectivity index (χ1v) is 20.3. The Morgan fingerprint density at radius 3 is 1.72 bits per heavy atom. The van der Waals surface area contributed by atoms with Gasteiger partial charge in [0.15, 0.2) is 0 Å². The van der Waals surface area contributed by atoms with Gasteiger partial charge in [-0.2, -0.15) is 10.2 Å². The van der Waals surface area contributed by atoms with Gasteiger partial charge in [-0.15, -0.1) is 0 Å². The Morgan fingerprint density at radius 1 is 0.733 bits per heavy atom. The summed E-state index contributed by atoms with van der Waals surface area (Å²) in [6.07, 6.45) is 12.8. The Balaban J connectivity index is 1.26. The molecular weight excluding hydrogens is 763 g/mol. The Kier molecular flexibility index (Phi) is 12.9. The summed E-state index contributed by atoms with van der Waals surface area (Å²) < 4.78 is 25.7. The zero-order chi connectivity index (χ0) is 42.3. The van der Waals surface area contributed by atoms with E-state index in [0.717, 1.165) is 79.6 Å². The van der Waals surface area contributed by atoms with Gasteiger partial charge in [-0.05, 0) is 94.8 Å². The third kappa shape index (κ3) is 9.19. The second-order valence-electron chi connectivity index (χ2n) is 14.6. The van der Waals surface area contributed by atoms with E-state index in [2.05, 4.69) is 38.7 Å². The molecule has 1 fully saturated rings. The van der Waals surface area contributed by atoms with Crippen LogP contribution in [-0.2, 0) is 30.9 Å². The molecule has 0 aliphatic carbocycles. The van der Waals surface area contributed by atoms with Crippen molar-refractivity contribution in [1.29, 1.82) is 0 Å². The summed E-state index contributed by atoms with van der Waals surface area (Å²) in [5.74, 6) is 1.20. The number of ether oxygens (including phenoxy) is 3. The average Bonchev–Trinajstić information content (AvgIpc) is 4.00. The molecule has 4 N–H and O–H groups in total. The molecule has 1 aliphatic rings. The van der Waals surface area contributed by atoms with Gasteiger partial charge in [0, 0.05) is 56.9 Å². The Labute approximate surface area is 348 Å². The van der Waals surface area contributed by atoms with Gasteiger partial charge in [-0.1, -0.05) is 12.2 Å². The van der Waals surface area contributed by atoms with Crippen molar-refractivity contribution in [2.24, 2.45) is 11.5 Å². The van der Waals surface area contributed by atoms with Crippen LogP contribution >= 0.6 is 0 Å². The maximum atomic E-state index is 12.5. The van der Waals surface area contributed by atoms with Crippen molar-refractivity contribution in [2.45, 2.75) is 60.3 Å². The average molecular weight is 816 g/mol. The highest BCUT2D eigenvalue weighted by molar-refractivity contribution is 5.99. The molecule has 0 radical (unpaired) electrons. The molecule has 2 aromatic carbocycles. The van der Waals surface area contributed by atoms with Crippen LogP contribution in [0.2, 0.25) is 0 Å². The SMILES string of the molecule is CCn1nc(C)cc1/C=C/c1nc2cc(C(N)=O)cc(OC)c2n1C/C=C/Cn1c(/C=C/c2cc(C)nn2CC)nc2cc(C(N)=O)cc(OCCCN3CCOCC3)c21. The van der Waals surface area contributed by atoms with Crippen molar-refractivity contribution >= 4 is 58.2 Å². The lowest BCUT2D eigenvalue weighted by atomic mass is 10.1. The Morgan fingerprint density at radius 2 is 1.23 bits per heavy atom. The van der Waals surface area contributed by atoms with Gasteiger partial charge in [0.1, 0.15) is 34.2 Å². The number of amides is 2. The minimum Gasteiger partial charge on any atom is -0.494 e. The Bertz CT molecular complexity index is 2600. The molecule has 16 nitrogen and oxygen atoms in total. The second-order valence-corrected chi connectivity index (χ2v) is 14.6. The zero-order valence-corrected chi connectivity index (χ0v) is 34.9. The highest BCUT2D eigenvalue weighted by atomic mass is 16.5. The van der Waals surface area contributed by atoms with Crippen LogP contribution in [0.3, 0.4) is 0 Å². The first-order valence-electron chi connectivity index (χ1n) is 20.3. The number of fused-ring (bicyclic) bond motifs is 2. The third-order valence-corrected chi connectivity index (χ3v) is 10.5. The highest BCUT2D eigenvalue weighted by Gasteiger charge is 2.20. The van der Waals surface area contributed by atoms with E-state index in [4.69, 9.17) is 35.6 Å². The molecule has 314 valence electrons. The van der Waals surface area contributed by atoms with Crippen molar-refractivity contribution in [2.75, 3.05) is 46.6 Å². The molecule has 0 unspecified atom stereocenters. The van der Waals surface area contributed by atoms with Crippen LogP contribution < -0.4 is 20.9 Å². The maximum Gasteiger partial charge on any atom is 0.248 e. The summed E-state index contributed by atoms with van der Waals surface area (Å²) in [6.45, 7) is 14.9. The number of benzene rings is 2. The smallest absolute Gasteiger partial charge is 0.248 e. The third-order valence-electron chi connectivity index (χ3n) is 10.5. The van der Waals surface area contributed by atoms with Crippen molar-refractivity contribution in [3.8, 4) is 11.5 Å². The fourth-order valence-corrected chi connectivity index (χ4v) is 7.55. The monoisotopic (exact) mass is 815 g/mol. The molecule has 2 amide bonds. The van der Waals surface area contributed by atoms with Crippen molar-refractivity contribution in [3.63, 3.8) is 0 Å². The van der Waals surface area contributed by atoms with Crippen molar-refractivity contribution in [3.05, 3.63) is 94.1 Å². The maximum absolute atomic E-state index is 12.5. The van der Waals surface area contributed by atoms with Gasteiger partial charge in [-0.3, -0.25) is 23.9 Å². The largest absolute Gasteiger partial charge is 0.494 e. The molecule has 7 rings (SSSR count). The lowest BCUT2D eigenvalue weighted by Crippen LogP contribution is -2.37. The van der Waals surface area contributed by atoms with Gasteiger partial charge in [0.2, 0.25) is 11.8 Å². The van der Waals surface area contributed by atoms with E-state index < -0.39 is 11.8 Å². The molecule has 0 saturated carbocycles. The predicted molar refractivity (Wildman–Crippen MR) is 233 cm³/mol. The number of carbonyl (C=O) groups is 2. The van der Waals surface area contributed by atoms with E-state index in [-0.39, 0.29) is 0 Å². The van der Waals surface area contributed by atoms with Crippen LogP contribution in [0.25, 0.3) is 46.4 Å². The highest BCUT2D eigenvalue weighted by Crippen LogP contribution is 2.32. The number of rotatable bonds is 18. The number of morpholine rings is 1. The first kappa shape index (κ1) is 41.6. The number of primary amides is 2. The fraction of sp³-hybridized carbons (Fsp3) is 0.364. The summed E-state index contributed by atoms with van der Waals surface area (Å²) in [7, 11) is 1.56. The zero-order valence-electron chi connectivity index (χ0n) is 34.9. The summed E-state index contributed by atoms with van der Waals surface area (Å²) in [5.41, 5.74) is 18.5. The van der Waals surface area contributed by atoms with Crippen LogP contribution in [-0.4, -0.2) is 102 Å². The van der Waals surface area contributed by atoms with E-state index in [1.54, 1.807) is 31.4 Å². The second kappa shape index (κ2) is 18.6. The number of allylic oxidation sites excluding steroid dienone is 2. The van der Waals surface area contributed by atoms with Gasteiger partial charge in [0.05, 0.1) is 60.7 Å². The number of aromatic nitrogens is 8. The minimum atomic E-state index is -0.570. The molecular formula is C44H53N11O5. The number of methoxy groups -OCH3 is 1. The molecule has 5 heterocycles. The van der Waals surface area contributed by atoms with Crippen molar-refractivity contribution in [1.82, 2.24) is 43.6 Å². The van der Waals surface area contributed by atoms with E-state index in [1.165, 1.54) is 0 Å². The number of carbonyl (C=O) groups excluding carboxylic acids is 2. The predicted octanol–water partition coefficient (Wildman–Crippen LogP) is 5.34. The number of imidazole rings is 2. The number of hydrogen-bond donors (Lipinski definition) is 2. The minimum absolute atomic E-state index is 0.304. The molecule has 6 aromatic rings. The normalized spacial score (nSPS) is 13.9. The summed E-state index contributed by atoms with van der Waals surface area (Å²) >= 11 is 0. The number of nitrogens with two attached hydrogens (primary N) is 2. The Hall–Kier alpha value is -6.52. The molecule has 1 saturated heterocycles. The van der Waals surface area contributed by atoms with E-state index >= 15 is 0 Å². The van der Waals surface area contributed by atoms with Crippen LogP contribution in [0.1, 0.15) is 75.4 Å². The summed E-state index contributed by atoms with van der Waals surface area (Å²) in [4.78, 5) is 37.1. The molecule has 0 bridgehead atoms. The molecule has 16 heteroatoms. The summed E-state index contributed by atoms with van der Waals surface area (Å²) in [5, 5.41) is 9.18. The first-order chi connectivity index (χ1) is 29.1. The number of aryl methyl sites for hydroxylation is 4. The molecule has 0 spiro atoms. The van der Waals surface area contributed by atoms with Crippen LogP contribution in [0.4, 0.5) is 0 Å². The summed E-state index contributed by atoms with van der Waals surface area (Å²) in [6, 6.07) is 10.8. The van der Waals surface area contributed by atoms with Crippen LogP contribution in [0.5, 0.6) is 11.5 Å². The molecule has 60 heavy (non-hydrogen) atoms. The molecule has 1 aliphatic heterocycles. The van der Waals surface area contributed by atoms with E-state index in [0.29, 0.717) is 71.5 Å². The topological polar surface area (TPSA) is 188 Å². The van der Waals surface area contributed by atoms with Crippen LogP contribution in [0.15, 0.2) is 48.6 Å². The van der Waals surface area contributed by atoms with Gasteiger partial charge >= 0.3 is 0 Å².